The predicted molar refractivity (Wildman–Crippen MR) is 129 cm³/mol. The first-order valence-electron chi connectivity index (χ1n) is 12.7. The van der Waals surface area contributed by atoms with Crippen molar-refractivity contribution in [2.75, 3.05) is 31.6 Å². The van der Waals surface area contributed by atoms with Crippen LogP contribution in [0.1, 0.15) is 72.9 Å². The van der Waals surface area contributed by atoms with Gasteiger partial charge in [0, 0.05) is 31.9 Å². The first-order valence-corrected chi connectivity index (χ1v) is 12.7. The van der Waals surface area contributed by atoms with E-state index in [0.29, 0.717) is 31.2 Å². The Morgan fingerprint density at radius 2 is 2.12 bits per heavy atom. The van der Waals surface area contributed by atoms with Crippen LogP contribution >= 0.6 is 0 Å². The van der Waals surface area contributed by atoms with Crippen LogP contribution in [0.3, 0.4) is 0 Å². The Bertz CT molecular complexity index is 1030. The van der Waals surface area contributed by atoms with Gasteiger partial charge < -0.3 is 15.2 Å². The highest BCUT2D eigenvalue weighted by molar-refractivity contribution is 5.76. The molecule has 2 atom stereocenters. The third-order valence-electron chi connectivity index (χ3n) is 7.27. The smallest absolute Gasteiger partial charge is 0.325 e. The quantitative estimate of drug-likeness (QED) is 0.494. The summed E-state index contributed by atoms with van der Waals surface area (Å²) in [7, 11) is 0. The van der Waals surface area contributed by atoms with E-state index in [0.717, 1.165) is 68.6 Å². The number of anilines is 1. The van der Waals surface area contributed by atoms with Crippen LogP contribution in [0.4, 0.5) is 10.2 Å². The molecule has 2 aliphatic heterocycles. The zero-order valence-corrected chi connectivity index (χ0v) is 19.6. The van der Waals surface area contributed by atoms with Gasteiger partial charge in [-0.2, -0.15) is 0 Å². The molecular formula is C27H34FN3O3. The zero-order valence-electron chi connectivity index (χ0n) is 19.6. The van der Waals surface area contributed by atoms with Crippen LogP contribution in [0.25, 0.3) is 0 Å². The summed E-state index contributed by atoms with van der Waals surface area (Å²) in [5.41, 5.74) is 4.03. The van der Waals surface area contributed by atoms with Crippen molar-refractivity contribution in [3.05, 3.63) is 58.5 Å². The molecule has 1 aromatic heterocycles. The van der Waals surface area contributed by atoms with Crippen LogP contribution in [-0.4, -0.2) is 53.3 Å². The molecule has 7 heteroatoms. The number of rotatable bonds is 10. The molecule has 1 saturated heterocycles. The molecule has 182 valence electrons. The summed E-state index contributed by atoms with van der Waals surface area (Å²) in [5.74, 6) is 0.122. The maximum absolute atomic E-state index is 14.0. The number of benzene rings is 1. The second-order valence-electron chi connectivity index (χ2n) is 9.86. The van der Waals surface area contributed by atoms with Crippen LogP contribution < -0.4 is 5.32 Å². The monoisotopic (exact) mass is 467 g/mol. The van der Waals surface area contributed by atoms with Crippen molar-refractivity contribution in [1.29, 1.82) is 0 Å². The molecule has 2 fully saturated rings. The van der Waals surface area contributed by atoms with E-state index in [1.807, 2.05) is 4.90 Å². The van der Waals surface area contributed by atoms with E-state index in [2.05, 4.69) is 17.4 Å². The van der Waals surface area contributed by atoms with E-state index in [4.69, 9.17) is 9.72 Å². The minimum Gasteiger partial charge on any atom is -0.480 e. The highest BCUT2D eigenvalue weighted by atomic mass is 19.1. The predicted octanol–water partition coefficient (Wildman–Crippen LogP) is 4.70. The lowest BCUT2D eigenvalue weighted by Gasteiger charge is -2.26. The molecule has 0 spiro atoms. The molecule has 3 aliphatic rings. The highest BCUT2D eigenvalue weighted by Gasteiger charge is 2.37. The molecule has 0 unspecified atom stereocenters. The number of carboxylic acids is 1. The second-order valence-corrected chi connectivity index (χ2v) is 9.86. The maximum Gasteiger partial charge on any atom is 0.325 e. The van der Waals surface area contributed by atoms with Gasteiger partial charge in [0.25, 0.3) is 0 Å². The van der Waals surface area contributed by atoms with Gasteiger partial charge in [-0.05, 0) is 92.2 Å². The first kappa shape index (κ1) is 23.2. The topological polar surface area (TPSA) is 74.7 Å². The maximum atomic E-state index is 14.0. The Hall–Kier alpha value is -2.51. The van der Waals surface area contributed by atoms with Crippen molar-refractivity contribution in [3.8, 4) is 0 Å². The molecule has 3 heterocycles. The average molecular weight is 468 g/mol. The number of nitrogens with one attached hydrogen (secondary N) is 1. The molecule has 34 heavy (non-hydrogen) atoms. The molecule has 0 amide bonds. The van der Waals surface area contributed by atoms with Gasteiger partial charge in [-0.25, -0.2) is 9.37 Å². The highest BCUT2D eigenvalue weighted by Crippen LogP contribution is 2.44. The van der Waals surface area contributed by atoms with E-state index in [1.165, 1.54) is 24.1 Å². The van der Waals surface area contributed by atoms with E-state index in [9.17, 15) is 14.3 Å². The number of unbranched alkanes of at least 4 members (excludes halogenated alkanes) is 1. The van der Waals surface area contributed by atoms with Crippen molar-refractivity contribution in [1.82, 2.24) is 9.88 Å². The molecule has 0 bridgehead atoms. The van der Waals surface area contributed by atoms with E-state index < -0.39 is 12.0 Å². The Kier molecular flexibility index (Phi) is 7.11. The second kappa shape index (κ2) is 10.4. The Morgan fingerprint density at radius 1 is 1.24 bits per heavy atom. The number of ether oxygens (including phenoxy) is 1. The number of aryl methyl sites for hydroxylation is 2. The lowest BCUT2D eigenvalue weighted by molar-refractivity contribution is -0.143. The summed E-state index contributed by atoms with van der Waals surface area (Å²) in [4.78, 5) is 18.9. The number of aliphatic carboxylic acids is 1. The first-order chi connectivity index (χ1) is 16.6. The molecule has 2 N–H and O–H groups in total. The van der Waals surface area contributed by atoms with E-state index >= 15 is 0 Å². The Morgan fingerprint density at radius 3 is 2.94 bits per heavy atom. The number of carboxylic acid groups (broad SMARTS) is 1. The third kappa shape index (κ3) is 5.41. The molecular weight excluding hydrogens is 433 g/mol. The minimum absolute atomic E-state index is 0.0193. The van der Waals surface area contributed by atoms with Gasteiger partial charge in [0.1, 0.15) is 17.7 Å². The molecule has 5 rings (SSSR count). The third-order valence-corrected chi connectivity index (χ3v) is 7.27. The largest absolute Gasteiger partial charge is 0.480 e. The average Bonchev–Trinajstić information content (AvgIpc) is 3.57. The van der Waals surface area contributed by atoms with Crippen LogP contribution in [0.15, 0.2) is 30.3 Å². The molecule has 6 nitrogen and oxygen atoms in total. The van der Waals surface area contributed by atoms with Crippen LogP contribution in [0.5, 0.6) is 0 Å². The van der Waals surface area contributed by atoms with Crippen molar-refractivity contribution in [2.24, 2.45) is 0 Å². The fourth-order valence-corrected chi connectivity index (χ4v) is 5.33. The summed E-state index contributed by atoms with van der Waals surface area (Å²) >= 11 is 0. The number of nitrogens with zero attached hydrogens (tertiary/aromatic N) is 2. The number of aromatic nitrogens is 1. The van der Waals surface area contributed by atoms with Crippen LogP contribution in [0, 0.1) is 5.82 Å². The summed E-state index contributed by atoms with van der Waals surface area (Å²) in [6.45, 7) is 2.87. The summed E-state index contributed by atoms with van der Waals surface area (Å²) in [6.07, 6.45) is 8.07. The normalized spacial score (nSPS) is 21.1. The van der Waals surface area contributed by atoms with E-state index in [-0.39, 0.29) is 11.9 Å². The standard InChI is InChI=1S/C27H34FN3O3/c28-20-9-11-23(18-6-7-18)24(16-20)25(27(32)33)31-14-12-22(17-31)34-15-2-1-5-21-10-8-19-4-3-13-29-26(19)30-21/h8-11,16,18,22,25H,1-7,12-15,17H2,(H,29,30)(H,32,33)/t22-,25-/m1/s1. The van der Waals surface area contributed by atoms with Gasteiger partial charge in [-0.1, -0.05) is 12.1 Å². The van der Waals surface area contributed by atoms with Gasteiger partial charge in [0.05, 0.1) is 6.10 Å². The fraction of sp³-hybridized carbons (Fsp3) is 0.556. The van der Waals surface area contributed by atoms with Crippen LogP contribution in [0.2, 0.25) is 0 Å². The Labute approximate surface area is 200 Å². The number of likely N-dealkylation sites (tertiary alicyclic amines) is 1. The number of carbonyl (C=O) groups is 1. The molecule has 1 aliphatic carbocycles. The lowest BCUT2D eigenvalue weighted by Crippen LogP contribution is -2.34. The number of hydrogen-bond acceptors (Lipinski definition) is 5. The van der Waals surface area contributed by atoms with Crippen LogP contribution in [-0.2, 0) is 22.4 Å². The summed E-state index contributed by atoms with van der Waals surface area (Å²) in [5, 5.41) is 13.4. The number of fused-ring (bicyclic) bond motifs is 1. The number of pyridine rings is 1. The zero-order chi connectivity index (χ0) is 23.5. The van der Waals surface area contributed by atoms with Crippen molar-refractivity contribution < 1.29 is 19.0 Å². The summed E-state index contributed by atoms with van der Waals surface area (Å²) in [6, 6.07) is 8.15. The fourth-order valence-electron chi connectivity index (χ4n) is 5.33. The van der Waals surface area contributed by atoms with Gasteiger partial charge in [-0.15, -0.1) is 0 Å². The van der Waals surface area contributed by atoms with E-state index in [1.54, 1.807) is 6.07 Å². The minimum atomic E-state index is -0.916. The molecule has 1 saturated carbocycles. The number of hydrogen-bond donors (Lipinski definition) is 2. The van der Waals surface area contributed by atoms with Gasteiger partial charge >= 0.3 is 5.97 Å². The van der Waals surface area contributed by atoms with Crippen molar-refractivity contribution in [2.45, 2.75) is 69.4 Å². The van der Waals surface area contributed by atoms with Gasteiger partial charge in [0.15, 0.2) is 0 Å². The van der Waals surface area contributed by atoms with Gasteiger partial charge in [0.2, 0.25) is 0 Å². The molecule has 2 aromatic rings. The number of halogens is 1. The molecule has 1 aromatic carbocycles. The van der Waals surface area contributed by atoms with Crippen molar-refractivity contribution >= 4 is 11.8 Å². The SMILES string of the molecule is O=C(O)[C@@H](c1cc(F)ccc1C1CC1)N1CC[C@@H](OCCCCc2ccc3c(n2)NCCC3)C1. The van der Waals surface area contributed by atoms with Crippen molar-refractivity contribution in [3.63, 3.8) is 0 Å². The van der Waals surface area contributed by atoms with Gasteiger partial charge in [-0.3, -0.25) is 9.69 Å². The summed E-state index contributed by atoms with van der Waals surface area (Å²) < 4.78 is 20.1. The Balaban J connectivity index is 1.10. The lowest BCUT2D eigenvalue weighted by atomic mass is 9.96. The molecule has 0 radical (unpaired) electrons.